The average Bonchev–Trinajstić information content (AvgIpc) is 3.41. The van der Waals surface area contributed by atoms with Gasteiger partial charge < -0.3 is 14.4 Å². The van der Waals surface area contributed by atoms with Gasteiger partial charge in [-0.3, -0.25) is 9.59 Å². The fourth-order valence-corrected chi connectivity index (χ4v) is 7.74. The Morgan fingerprint density at radius 1 is 0.897 bits per heavy atom. The molecule has 12 heteroatoms. The molecule has 5 rings (SSSR count). The Bertz CT molecular complexity index is 1500. The molecule has 3 atom stereocenters. The predicted molar refractivity (Wildman–Crippen MR) is 150 cm³/mol. The largest absolute Gasteiger partial charge is 0.341 e. The SMILES string of the molecule is CC(C)N1CC2N(C(=O)C(n3cccc3)CN2S(=O)(=O)c2ccc(Cl)cc2Cl)C(Cc2ccc(Cl)cc2)C1=O. The van der Waals surface area contributed by atoms with E-state index in [0.717, 1.165) is 5.56 Å². The molecule has 2 aromatic carbocycles. The molecule has 0 N–H and O–H groups in total. The lowest BCUT2D eigenvalue weighted by Gasteiger charge is -2.54. The number of fused-ring (bicyclic) bond motifs is 1. The van der Waals surface area contributed by atoms with Gasteiger partial charge in [-0.15, -0.1) is 0 Å². The minimum Gasteiger partial charge on any atom is -0.341 e. The van der Waals surface area contributed by atoms with Crippen LogP contribution in [0.3, 0.4) is 0 Å². The molecule has 8 nitrogen and oxygen atoms in total. The zero-order chi connectivity index (χ0) is 28.1. The van der Waals surface area contributed by atoms with Crippen LogP contribution in [0, 0.1) is 0 Å². The maximum absolute atomic E-state index is 14.2. The van der Waals surface area contributed by atoms with Crippen molar-refractivity contribution in [3.63, 3.8) is 0 Å². The standard InChI is InChI=1S/C27H27Cl3N4O4S/c1-17(2)32-16-25-33(39(37,38)24-10-9-20(29)14-21(24)30)15-23(31-11-3-4-12-31)27(36)34(25)22(26(32)35)13-18-5-7-19(28)8-6-18/h3-12,14,17,22-23,25H,13,15-16H2,1-2H3. The summed E-state index contributed by atoms with van der Waals surface area (Å²) in [6, 6.07) is 12.8. The molecule has 0 spiro atoms. The maximum atomic E-state index is 14.2. The van der Waals surface area contributed by atoms with Gasteiger partial charge in [0.05, 0.1) is 11.6 Å². The number of hydrogen-bond acceptors (Lipinski definition) is 4. The molecular formula is C27H27Cl3N4O4S. The number of nitrogens with zero attached hydrogens (tertiary/aromatic N) is 4. The number of halogens is 3. The van der Waals surface area contributed by atoms with Crippen molar-refractivity contribution in [2.75, 3.05) is 13.1 Å². The highest BCUT2D eigenvalue weighted by molar-refractivity contribution is 7.89. The van der Waals surface area contributed by atoms with Gasteiger partial charge in [-0.1, -0.05) is 46.9 Å². The summed E-state index contributed by atoms with van der Waals surface area (Å²) in [6.45, 7) is 3.65. The van der Waals surface area contributed by atoms with Crippen LogP contribution in [0.2, 0.25) is 15.1 Å². The Morgan fingerprint density at radius 2 is 1.54 bits per heavy atom. The van der Waals surface area contributed by atoms with Gasteiger partial charge in [-0.05, 0) is 61.9 Å². The predicted octanol–water partition coefficient (Wildman–Crippen LogP) is 4.71. The number of aromatic nitrogens is 1. The van der Waals surface area contributed by atoms with Crippen LogP contribution in [0.25, 0.3) is 0 Å². The molecule has 3 heterocycles. The van der Waals surface area contributed by atoms with Crippen LogP contribution in [-0.4, -0.2) is 70.2 Å². The van der Waals surface area contributed by atoms with Crippen LogP contribution in [0.15, 0.2) is 71.9 Å². The van der Waals surface area contributed by atoms with Gasteiger partial charge in [0, 0.05) is 41.4 Å². The van der Waals surface area contributed by atoms with Gasteiger partial charge >= 0.3 is 0 Å². The Balaban J connectivity index is 1.65. The van der Waals surface area contributed by atoms with Crippen molar-refractivity contribution in [2.24, 2.45) is 0 Å². The molecule has 0 bridgehead atoms. The number of sulfonamides is 1. The number of benzene rings is 2. The lowest BCUT2D eigenvalue weighted by molar-refractivity contribution is -0.170. The molecule has 1 aromatic heterocycles. The third-order valence-corrected chi connectivity index (χ3v) is 10.1. The third-order valence-electron chi connectivity index (χ3n) is 7.24. The Kier molecular flexibility index (Phi) is 7.74. The molecule has 0 radical (unpaired) electrons. The highest BCUT2D eigenvalue weighted by Gasteiger charge is 2.54. The molecule has 2 aliphatic heterocycles. The monoisotopic (exact) mass is 608 g/mol. The van der Waals surface area contributed by atoms with E-state index >= 15 is 0 Å². The number of carbonyl (C=O) groups is 2. The molecule has 0 aliphatic carbocycles. The molecule has 0 saturated carbocycles. The van der Waals surface area contributed by atoms with Crippen LogP contribution < -0.4 is 0 Å². The molecule has 2 fully saturated rings. The highest BCUT2D eigenvalue weighted by atomic mass is 35.5. The van der Waals surface area contributed by atoms with Gasteiger partial charge in [-0.25, -0.2) is 8.42 Å². The third kappa shape index (κ3) is 5.18. The van der Waals surface area contributed by atoms with Gasteiger partial charge in [0.25, 0.3) is 0 Å². The van der Waals surface area contributed by atoms with Crippen molar-refractivity contribution in [3.05, 3.63) is 87.6 Å². The summed E-state index contributed by atoms with van der Waals surface area (Å²) in [5, 5.41) is 0.833. The van der Waals surface area contributed by atoms with E-state index in [-0.39, 0.29) is 47.3 Å². The molecule has 2 saturated heterocycles. The van der Waals surface area contributed by atoms with Gasteiger partial charge in [-0.2, -0.15) is 4.31 Å². The van der Waals surface area contributed by atoms with Crippen molar-refractivity contribution >= 4 is 56.6 Å². The molecule has 3 aromatic rings. The van der Waals surface area contributed by atoms with Crippen molar-refractivity contribution in [1.82, 2.24) is 18.7 Å². The zero-order valence-electron chi connectivity index (χ0n) is 21.2. The summed E-state index contributed by atoms with van der Waals surface area (Å²) in [4.78, 5) is 30.9. The van der Waals surface area contributed by atoms with Crippen LogP contribution >= 0.6 is 34.8 Å². The summed E-state index contributed by atoms with van der Waals surface area (Å²) in [5.41, 5.74) is 0.799. The van der Waals surface area contributed by atoms with Gasteiger partial charge in [0.15, 0.2) is 0 Å². The molecule has 206 valence electrons. The quantitative estimate of drug-likeness (QED) is 0.405. The number of piperazine rings is 1. The fraction of sp³-hybridized carbons (Fsp3) is 0.333. The number of rotatable bonds is 6. The van der Waals surface area contributed by atoms with E-state index in [0.29, 0.717) is 10.0 Å². The first kappa shape index (κ1) is 28.0. The van der Waals surface area contributed by atoms with Crippen molar-refractivity contribution in [3.8, 4) is 0 Å². The normalized spacial score (nSPS) is 22.5. The van der Waals surface area contributed by atoms with Gasteiger partial charge in [0.1, 0.15) is 23.1 Å². The highest BCUT2D eigenvalue weighted by Crippen LogP contribution is 2.37. The number of carbonyl (C=O) groups excluding carboxylic acids is 2. The maximum Gasteiger partial charge on any atom is 0.249 e. The molecule has 39 heavy (non-hydrogen) atoms. The van der Waals surface area contributed by atoms with Crippen molar-refractivity contribution in [1.29, 1.82) is 0 Å². The van der Waals surface area contributed by atoms with Crippen molar-refractivity contribution < 1.29 is 18.0 Å². The van der Waals surface area contributed by atoms with Crippen LogP contribution in [0.1, 0.15) is 25.5 Å². The zero-order valence-corrected chi connectivity index (χ0v) is 24.3. The first-order chi connectivity index (χ1) is 18.5. The molecule has 2 amide bonds. The summed E-state index contributed by atoms with van der Waals surface area (Å²) in [5.74, 6) is -0.555. The van der Waals surface area contributed by atoms with E-state index in [9.17, 15) is 18.0 Å². The summed E-state index contributed by atoms with van der Waals surface area (Å²) < 4.78 is 31.3. The Hall–Kier alpha value is -2.56. The van der Waals surface area contributed by atoms with Crippen LogP contribution in [-0.2, 0) is 26.0 Å². The lowest BCUT2D eigenvalue weighted by Crippen LogP contribution is -2.73. The molecule has 3 unspecified atom stereocenters. The minimum atomic E-state index is -4.22. The first-order valence-corrected chi connectivity index (χ1v) is 15.0. The number of amides is 2. The van der Waals surface area contributed by atoms with Gasteiger partial charge in [0.2, 0.25) is 21.8 Å². The van der Waals surface area contributed by atoms with E-state index in [1.807, 2.05) is 13.8 Å². The van der Waals surface area contributed by atoms with E-state index in [2.05, 4.69) is 0 Å². The molecule has 2 aliphatic rings. The summed E-state index contributed by atoms with van der Waals surface area (Å²) >= 11 is 18.5. The molecular weight excluding hydrogens is 583 g/mol. The van der Waals surface area contributed by atoms with Crippen molar-refractivity contribution in [2.45, 2.75) is 49.5 Å². The second-order valence-corrected chi connectivity index (χ2v) is 13.1. The van der Waals surface area contributed by atoms with E-state index in [1.54, 1.807) is 58.3 Å². The van der Waals surface area contributed by atoms with E-state index in [1.165, 1.54) is 27.4 Å². The summed E-state index contributed by atoms with van der Waals surface area (Å²) in [7, 11) is -4.22. The second-order valence-electron chi connectivity index (χ2n) is 9.95. The Morgan fingerprint density at radius 3 is 2.15 bits per heavy atom. The van der Waals surface area contributed by atoms with Crippen LogP contribution in [0.4, 0.5) is 0 Å². The smallest absolute Gasteiger partial charge is 0.249 e. The van der Waals surface area contributed by atoms with Crippen LogP contribution in [0.5, 0.6) is 0 Å². The average molecular weight is 610 g/mol. The fourth-order valence-electron chi connectivity index (χ4n) is 5.29. The lowest BCUT2D eigenvalue weighted by atomic mass is 9.96. The first-order valence-electron chi connectivity index (χ1n) is 12.5. The van der Waals surface area contributed by atoms with E-state index < -0.39 is 28.3 Å². The second kappa shape index (κ2) is 10.8. The van der Waals surface area contributed by atoms with E-state index in [4.69, 9.17) is 34.8 Å². The topological polar surface area (TPSA) is 82.9 Å². The summed E-state index contributed by atoms with van der Waals surface area (Å²) in [6.07, 6.45) is 2.70. The Labute approximate surface area is 242 Å². The number of hydrogen-bond donors (Lipinski definition) is 0. The minimum absolute atomic E-state index is 0.0196.